The number of nitrogens with zero attached hydrogens (tertiary/aromatic N) is 2. The minimum atomic E-state index is -3.63. The van der Waals surface area contributed by atoms with Gasteiger partial charge in [0.15, 0.2) is 0 Å². The molecule has 20 heavy (non-hydrogen) atoms. The van der Waals surface area contributed by atoms with Crippen LogP contribution in [0.5, 0.6) is 0 Å². The summed E-state index contributed by atoms with van der Waals surface area (Å²) in [5.41, 5.74) is 0.950. The first kappa shape index (κ1) is 15.4. The van der Waals surface area contributed by atoms with Crippen molar-refractivity contribution in [1.82, 2.24) is 9.88 Å². The van der Waals surface area contributed by atoms with Gasteiger partial charge in [-0.15, -0.1) is 11.3 Å². The standard InChI is InChI=1S/C12H19N3O3S2/c1-8(2)12-14-9(7-19-12)3-4-15-6-10(5-11(15)16)20(13,17)18/h7-8,10H,3-6H2,1-2H3,(H2,13,17,18). The normalized spacial score (nSPS) is 20.1. The second-order valence-electron chi connectivity index (χ2n) is 5.34. The Morgan fingerprint density at radius 3 is 2.75 bits per heavy atom. The van der Waals surface area contributed by atoms with Crippen molar-refractivity contribution >= 4 is 27.3 Å². The Kier molecular flexibility index (Phi) is 4.46. The molecule has 1 unspecified atom stereocenters. The van der Waals surface area contributed by atoms with E-state index >= 15 is 0 Å². The first-order valence-corrected chi connectivity index (χ1v) is 9.00. The highest BCUT2D eigenvalue weighted by Gasteiger charge is 2.36. The number of primary sulfonamides is 1. The van der Waals surface area contributed by atoms with Gasteiger partial charge in [0.05, 0.1) is 10.7 Å². The molecule has 0 aliphatic carbocycles. The van der Waals surface area contributed by atoms with Crippen molar-refractivity contribution in [3.63, 3.8) is 0 Å². The van der Waals surface area contributed by atoms with E-state index in [1.165, 1.54) is 0 Å². The van der Waals surface area contributed by atoms with Crippen LogP contribution in [0.1, 0.15) is 36.9 Å². The van der Waals surface area contributed by atoms with Crippen LogP contribution >= 0.6 is 11.3 Å². The molecule has 1 aromatic heterocycles. The fourth-order valence-electron chi connectivity index (χ4n) is 2.12. The van der Waals surface area contributed by atoms with E-state index in [0.717, 1.165) is 10.7 Å². The first-order chi connectivity index (χ1) is 9.27. The van der Waals surface area contributed by atoms with Gasteiger partial charge in [0.1, 0.15) is 5.25 Å². The van der Waals surface area contributed by atoms with Crippen LogP contribution in [-0.4, -0.2) is 42.5 Å². The number of rotatable bonds is 5. The van der Waals surface area contributed by atoms with Crippen LogP contribution in [0.15, 0.2) is 5.38 Å². The van der Waals surface area contributed by atoms with Gasteiger partial charge < -0.3 is 4.90 Å². The highest BCUT2D eigenvalue weighted by molar-refractivity contribution is 7.89. The number of hydrogen-bond donors (Lipinski definition) is 1. The number of hydrogen-bond acceptors (Lipinski definition) is 5. The van der Waals surface area contributed by atoms with Crippen molar-refractivity contribution in [2.45, 2.75) is 37.9 Å². The molecule has 2 heterocycles. The molecule has 1 aromatic rings. The topological polar surface area (TPSA) is 93.4 Å². The lowest BCUT2D eigenvalue weighted by atomic mass is 10.2. The van der Waals surface area contributed by atoms with Crippen molar-refractivity contribution in [2.24, 2.45) is 5.14 Å². The molecule has 1 fully saturated rings. The Labute approximate surface area is 123 Å². The van der Waals surface area contributed by atoms with Gasteiger partial charge in [0, 0.05) is 37.2 Å². The summed E-state index contributed by atoms with van der Waals surface area (Å²) in [5, 5.41) is 7.40. The highest BCUT2D eigenvalue weighted by Crippen LogP contribution is 2.21. The zero-order chi connectivity index (χ0) is 14.9. The predicted molar refractivity (Wildman–Crippen MR) is 78.0 cm³/mol. The Balaban J connectivity index is 1.92. The van der Waals surface area contributed by atoms with Gasteiger partial charge >= 0.3 is 0 Å². The van der Waals surface area contributed by atoms with E-state index in [4.69, 9.17) is 5.14 Å². The number of sulfonamides is 1. The van der Waals surface area contributed by atoms with Crippen LogP contribution in [0.3, 0.4) is 0 Å². The Morgan fingerprint density at radius 1 is 1.55 bits per heavy atom. The molecule has 0 aromatic carbocycles. The number of nitrogens with two attached hydrogens (primary N) is 1. The molecule has 0 spiro atoms. The van der Waals surface area contributed by atoms with E-state index in [2.05, 4.69) is 18.8 Å². The smallest absolute Gasteiger partial charge is 0.224 e. The number of thiazole rings is 1. The van der Waals surface area contributed by atoms with E-state index in [-0.39, 0.29) is 18.9 Å². The average molecular weight is 317 g/mol. The van der Waals surface area contributed by atoms with Gasteiger partial charge in [0.25, 0.3) is 0 Å². The van der Waals surface area contributed by atoms with E-state index in [0.29, 0.717) is 18.9 Å². The Hall–Kier alpha value is -0.990. The second kappa shape index (κ2) is 5.79. The molecule has 6 nitrogen and oxygen atoms in total. The summed E-state index contributed by atoms with van der Waals surface area (Å²) in [7, 11) is -3.63. The van der Waals surface area contributed by atoms with Crippen LogP contribution in [0.25, 0.3) is 0 Å². The van der Waals surface area contributed by atoms with E-state index in [1.54, 1.807) is 16.2 Å². The summed E-state index contributed by atoms with van der Waals surface area (Å²) in [4.78, 5) is 17.8. The zero-order valence-electron chi connectivity index (χ0n) is 11.6. The molecule has 8 heteroatoms. The van der Waals surface area contributed by atoms with Crippen molar-refractivity contribution in [2.75, 3.05) is 13.1 Å². The van der Waals surface area contributed by atoms with Crippen LogP contribution in [0.2, 0.25) is 0 Å². The molecule has 0 bridgehead atoms. The molecule has 2 rings (SSSR count). The summed E-state index contributed by atoms with van der Waals surface area (Å²) in [6.07, 6.45) is 0.638. The molecular weight excluding hydrogens is 298 g/mol. The number of carbonyl (C=O) groups is 1. The lowest BCUT2D eigenvalue weighted by molar-refractivity contribution is -0.127. The van der Waals surface area contributed by atoms with Gasteiger partial charge in [-0.25, -0.2) is 18.5 Å². The molecule has 1 atom stereocenters. The summed E-state index contributed by atoms with van der Waals surface area (Å²) < 4.78 is 22.5. The lowest BCUT2D eigenvalue weighted by Crippen LogP contribution is -2.33. The number of amides is 1. The lowest BCUT2D eigenvalue weighted by Gasteiger charge is -2.15. The van der Waals surface area contributed by atoms with E-state index < -0.39 is 15.3 Å². The summed E-state index contributed by atoms with van der Waals surface area (Å²) >= 11 is 1.62. The van der Waals surface area contributed by atoms with Crippen LogP contribution in [0.4, 0.5) is 0 Å². The monoisotopic (exact) mass is 317 g/mol. The van der Waals surface area contributed by atoms with Gasteiger partial charge in [0.2, 0.25) is 15.9 Å². The molecule has 112 valence electrons. The molecule has 0 radical (unpaired) electrons. The summed E-state index contributed by atoms with van der Waals surface area (Å²) in [6.45, 7) is 4.86. The third kappa shape index (κ3) is 3.56. The van der Waals surface area contributed by atoms with E-state index in [1.807, 2.05) is 5.38 Å². The van der Waals surface area contributed by atoms with Crippen molar-refractivity contribution in [3.05, 3.63) is 16.1 Å². The molecule has 1 aliphatic rings. The van der Waals surface area contributed by atoms with Crippen molar-refractivity contribution in [3.8, 4) is 0 Å². The molecule has 1 saturated heterocycles. The van der Waals surface area contributed by atoms with Gasteiger partial charge in [-0.3, -0.25) is 4.79 Å². The highest BCUT2D eigenvalue weighted by atomic mass is 32.2. The maximum absolute atomic E-state index is 11.8. The quantitative estimate of drug-likeness (QED) is 0.865. The molecular formula is C12H19N3O3S2. The largest absolute Gasteiger partial charge is 0.341 e. The Morgan fingerprint density at radius 2 is 2.25 bits per heavy atom. The predicted octanol–water partition coefficient (Wildman–Crippen LogP) is 0.698. The van der Waals surface area contributed by atoms with Crippen LogP contribution in [0, 0.1) is 0 Å². The summed E-state index contributed by atoms with van der Waals surface area (Å²) in [6, 6.07) is 0. The minimum absolute atomic E-state index is 0.00680. The van der Waals surface area contributed by atoms with Crippen LogP contribution < -0.4 is 5.14 Å². The minimum Gasteiger partial charge on any atom is -0.341 e. The molecule has 1 amide bonds. The third-order valence-electron chi connectivity index (χ3n) is 3.34. The first-order valence-electron chi connectivity index (χ1n) is 6.51. The summed E-state index contributed by atoms with van der Waals surface area (Å²) in [5.74, 6) is 0.247. The maximum Gasteiger partial charge on any atom is 0.224 e. The fourth-order valence-corrected chi connectivity index (χ4v) is 3.76. The number of carbonyl (C=O) groups excluding carboxylic acids is 1. The van der Waals surface area contributed by atoms with Gasteiger partial charge in [-0.1, -0.05) is 13.8 Å². The van der Waals surface area contributed by atoms with Crippen molar-refractivity contribution < 1.29 is 13.2 Å². The SMILES string of the molecule is CC(C)c1nc(CCN2CC(S(N)(=O)=O)CC2=O)cs1. The molecule has 0 saturated carbocycles. The number of aromatic nitrogens is 1. The van der Waals surface area contributed by atoms with Crippen LogP contribution in [-0.2, 0) is 21.2 Å². The molecule has 2 N–H and O–H groups in total. The Bertz CT molecular complexity index is 595. The molecule has 1 aliphatic heterocycles. The second-order valence-corrected chi connectivity index (χ2v) is 8.07. The fraction of sp³-hybridized carbons (Fsp3) is 0.667. The maximum atomic E-state index is 11.8. The van der Waals surface area contributed by atoms with E-state index in [9.17, 15) is 13.2 Å². The van der Waals surface area contributed by atoms with Gasteiger partial charge in [-0.05, 0) is 0 Å². The zero-order valence-corrected chi connectivity index (χ0v) is 13.2. The van der Waals surface area contributed by atoms with Gasteiger partial charge in [-0.2, -0.15) is 0 Å². The third-order valence-corrected chi connectivity index (χ3v) is 5.78. The van der Waals surface area contributed by atoms with Crippen molar-refractivity contribution in [1.29, 1.82) is 0 Å². The average Bonchev–Trinajstić information content (AvgIpc) is 2.92. The number of likely N-dealkylation sites (tertiary alicyclic amines) is 1.